The number of ether oxygens (including phenoxy) is 1. The molecule has 1 N–H and O–H groups in total. The maximum atomic E-state index is 12.6. The van der Waals surface area contributed by atoms with Crippen molar-refractivity contribution in [1.82, 2.24) is 10.2 Å². The van der Waals surface area contributed by atoms with Crippen LogP contribution in [-0.4, -0.2) is 49.4 Å². The third kappa shape index (κ3) is 5.33. The van der Waals surface area contributed by atoms with Crippen molar-refractivity contribution in [3.8, 4) is 0 Å². The van der Waals surface area contributed by atoms with E-state index in [-0.39, 0.29) is 36.7 Å². The van der Waals surface area contributed by atoms with Crippen molar-refractivity contribution in [1.29, 1.82) is 0 Å². The average molecular weight is 469 g/mol. The number of thiophene rings is 1. The highest BCUT2D eigenvalue weighted by Crippen LogP contribution is 2.37. The standard InChI is InChI=1S/C21H22Cl2N2O4S/c1-29-17(27)4-8-24-21(28)13-5-9-25(10-6-13)16(26)3-2-14-12-15-7-11-30-20(15)19(23)18(14)22/h2-3,7,11-13H,4-6,8-10H2,1H3,(H,24,28)/b3-2+. The Bertz CT molecular complexity index is 981. The van der Waals surface area contributed by atoms with Crippen LogP contribution in [0.3, 0.4) is 0 Å². The summed E-state index contributed by atoms with van der Waals surface area (Å²) in [6.45, 7) is 1.25. The summed E-state index contributed by atoms with van der Waals surface area (Å²) < 4.78 is 5.48. The van der Waals surface area contributed by atoms with Crippen molar-refractivity contribution in [2.24, 2.45) is 5.92 Å². The zero-order valence-electron chi connectivity index (χ0n) is 16.5. The van der Waals surface area contributed by atoms with Crippen LogP contribution < -0.4 is 5.32 Å². The van der Waals surface area contributed by atoms with E-state index in [9.17, 15) is 14.4 Å². The second-order valence-electron chi connectivity index (χ2n) is 6.98. The van der Waals surface area contributed by atoms with Gasteiger partial charge in [0.15, 0.2) is 0 Å². The molecule has 2 heterocycles. The van der Waals surface area contributed by atoms with Crippen LogP contribution in [0.15, 0.2) is 23.6 Å². The molecule has 1 aromatic carbocycles. The predicted molar refractivity (Wildman–Crippen MR) is 120 cm³/mol. The molecule has 30 heavy (non-hydrogen) atoms. The van der Waals surface area contributed by atoms with Crippen molar-refractivity contribution in [3.63, 3.8) is 0 Å². The van der Waals surface area contributed by atoms with E-state index in [1.54, 1.807) is 11.0 Å². The molecule has 2 aromatic rings. The predicted octanol–water partition coefficient (Wildman–Crippen LogP) is 4.14. The van der Waals surface area contributed by atoms with E-state index in [2.05, 4.69) is 10.1 Å². The summed E-state index contributed by atoms with van der Waals surface area (Å²) in [5, 5.41) is 6.61. The molecule has 3 rings (SSSR count). The molecule has 2 amide bonds. The molecule has 0 spiro atoms. The molecule has 1 saturated heterocycles. The lowest BCUT2D eigenvalue weighted by molar-refractivity contribution is -0.140. The van der Waals surface area contributed by atoms with Gasteiger partial charge in [-0.15, -0.1) is 11.3 Å². The van der Waals surface area contributed by atoms with Crippen LogP contribution >= 0.6 is 34.5 Å². The van der Waals surface area contributed by atoms with Gasteiger partial charge >= 0.3 is 5.97 Å². The van der Waals surface area contributed by atoms with Crippen LogP contribution in [0.25, 0.3) is 16.2 Å². The van der Waals surface area contributed by atoms with Crippen molar-refractivity contribution in [2.75, 3.05) is 26.7 Å². The van der Waals surface area contributed by atoms with E-state index in [1.807, 2.05) is 17.5 Å². The number of nitrogens with zero attached hydrogens (tertiary/aromatic N) is 1. The van der Waals surface area contributed by atoms with E-state index >= 15 is 0 Å². The first-order valence-electron chi connectivity index (χ1n) is 9.57. The van der Waals surface area contributed by atoms with Gasteiger partial charge in [0.05, 0.1) is 28.3 Å². The zero-order valence-corrected chi connectivity index (χ0v) is 18.8. The molecule has 0 aliphatic carbocycles. The van der Waals surface area contributed by atoms with Gasteiger partial charge in [0.1, 0.15) is 0 Å². The lowest BCUT2D eigenvalue weighted by Crippen LogP contribution is -2.42. The molecule has 160 valence electrons. The fourth-order valence-electron chi connectivity index (χ4n) is 3.35. The third-order valence-corrected chi connectivity index (χ3v) is 7.03. The minimum absolute atomic E-state index is 0.0907. The lowest BCUT2D eigenvalue weighted by atomic mass is 9.95. The molecule has 0 atom stereocenters. The number of benzene rings is 1. The Kier molecular flexibility index (Phi) is 7.75. The minimum atomic E-state index is -0.359. The number of hydrogen-bond donors (Lipinski definition) is 1. The van der Waals surface area contributed by atoms with Crippen LogP contribution in [0, 0.1) is 5.92 Å². The summed E-state index contributed by atoms with van der Waals surface area (Å²) in [6.07, 6.45) is 4.48. The molecule has 1 fully saturated rings. The second kappa shape index (κ2) is 10.3. The minimum Gasteiger partial charge on any atom is -0.469 e. The molecule has 1 aliphatic heterocycles. The van der Waals surface area contributed by atoms with Gasteiger partial charge in [-0.25, -0.2) is 0 Å². The largest absolute Gasteiger partial charge is 0.469 e. The molecule has 1 aliphatic rings. The van der Waals surface area contributed by atoms with Crippen molar-refractivity contribution < 1.29 is 19.1 Å². The number of piperidine rings is 1. The number of methoxy groups -OCH3 is 1. The Balaban J connectivity index is 1.52. The zero-order chi connectivity index (χ0) is 21.7. The van der Waals surface area contributed by atoms with Crippen LogP contribution in [0.4, 0.5) is 0 Å². The Morgan fingerprint density at radius 1 is 1.27 bits per heavy atom. The highest BCUT2D eigenvalue weighted by molar-refractivity contribution is 7.18. The maximum Gasteiger partial charge on any atom is 0.307 e. The van der Waals surface area contributed by atoms with Crippen molar-refractivity contribution >= 4 is 68.5 Å². The summed E-state index contributed by atoms with van der Waals surface area (Å²) in [4.78, 5) is 37.6. The first-order chi connectivity index (χ1) is 14.4. The fourth-order valence-corrected chi connectivity index (χ4v) is 4.79. The fraction of sp³-hybridized carbons (Fsp3) is 0.381. The quantitative estimate of drug-likeness (QED) is 0.510. The molecule has 0 saturated carbocycles. The first-order valence-corrected chi connectivity index (χ1v) is 11.2. The Labute approximate surface area is 188 Å². The molecular formula is C21H22Cl2N2O4S. The average Bonchev–Trinajstić information content (AvgIpc) is 3.23. The summed E-state index contributed by atoms with van der Waals surface area (Å²) in [5.41, 5.74) is 0.695. The molecule has 0 radical (unpaired) electrons. The number of rotatable bonds is 6. The van der Waals surface area contributed by atoms with Gasteiger partial charge in [0.2, 0.25) is 11.8 Å². The van der Waals surface area contributed by atoms with Gasteiger partial charge in [-0.2, -0.15) is 0 Å². The topological polar surface area (TPSA) is 75.7 Å². The van der Waals surface area contributed by atoms with Crippen molar-refractivity contribution in [2.45, 2.75) is 19.3 Å². The number of hydrogen-bond acceptors (Lipinski definition) is 5. The summed E-state index contributed by atoms with van der Waals surface area (Å²) in [6, 6.07) is 3.87. The molecule has 0 bridgehead atoms. The first kappa shape index (κ1) is 22.6. The normalized spacial score (nSPS) is 15.0. The van der Waals surface area contributed by atoms with Gasteiger partial charge in [-0.1, -0.05) is 23.2 Å². The highest BCUT2D eigenvalue weighted by atomic mass is 35.5. The number of carbonyl (C=O) groups excluding carboxylic acids is 3. The monoisotopic (exact) mass is 468 g/mol. The van der Waals surface area contributed by atoms with Crippen LogP contribution in [0.2, 0.25) is 10.0 Å². The van der Waals surface area contributed by atoms with E-state index in [0.29, 0.717) is 41.5 Å². The van der Waals surface area contributed by atoms with Gasteiger partial charge in [0, 0.05) is 31.6 Å². The number of nitrogens with one attached hydrogen (secondary N) is 1. The van der Waals surface area contributed by atoms with Gasteiger partial charge in [0.25, 0.3) is 0 Å². The van der Waals surface area contributed by atoms with Crippen LogP contribution in [0.1, 0.15) is 24.8 Å². The summed E-state index contributed by atoms with van der Waals surface area (Å²) in [5.74, 6) is -0.740. The number of fused-ring (bicyclic) bond motifs is 1. The number of esters is 1. The van der Waals surface area contributed by atoms with E-state index < -0.39 is 0 Å². The molecule has 6 nitrogen and oxygen atoms in total. The van der Waals surface area contributed by atoms with E-state index in [4.69, 9.17) is 23.2 Å². The summed E-state index contributed by atoms with van der Waals surface area (Å²) in [7, 11) is 1.31. The number of carbonyl (C=O) groups is 3. The Hall–Kier alpha value is -2.09. The molecular weight excluding hydrogens is 447 g/mol. The Morgan fingerprint density at radius 3 is 2.70 bits per heavy atom. The van der Waals surface area contributed by atoms with Crippen molar-refractivity contribution in [3.05, 3.63) is 39.2 Å². The van der Waals surface area contributed by atoms with E-state index in [0.717, 1.165) is 10.1 Å². The number of halogens is 2. The van der Waals surface area contributed by atoms with Gasteiger partial charge < -0.3 is 15.0 Å². The number of likely N-dealkylation sites (tertiary alicyclic amines) is 1. The van der Waals surface area contributed by atoms with Crippen LogP contribution in [0.5, 0.6) is 0 Å². The van der Waals surface area contributed by atoms with E-state index in [1.165, 1.54) is 24.5 Å². The SMILES string of the molecule is COC(=O)CCNC(=O)C1CCN(C(=O)/C=C/c2cc3ccsc3c(Cl)c2Cl)CC1. The smallest absolute Gasteiger partial charge is 0.307 e. The van der Waals surface area contributed by atoms with Crippen LogP contribution in [-0.2, 0) is 19.1 Å². The molecule has 1 aromatic heterocycles. The molecule has 0 unspecified atom stereocenters. The lowest BCUT2D eigenvalue weighted by Gasteiger charge is -2.30. The summed E-state index contributed by atoms with van der Waals surface area (Å²) >= 11 is 14.2. The number of amides is 2. The van der Waals surface area contributed by atoms with Gasteiger partial charge in [-0.05, 0) is 47.4 Å². The Morgan fingerprint density at radius 2 is 2.00 bits per heavy atom. The van der Waals surface area contributed by atoms with Gasteiger partial charge in [-0.3, -0.25) is 14.4 Å². The maximum absolute atomic E-state index is 12.6. The highest BCUT2D eigenvalue weighted by Gasteiger charge is 2.26. The third-order valence-electron chi connectivity index (χ3n) is 5.09. The second-order valence-corrected chi connectivity index (χ2v) is 8.65. The molecule has 9 heteroatoms.